The van der Waals surface area contributed by atoms with Gasteiger partial charge < -0.3 is 15.6 Å². The number of carboxylic acid groups (broad SMARTS) is 1. The molecule has 1 heterocycles. The van der Waals surface area contributed by atoms with Crippen molar-refractivity contribution in [3.63, 3.8) is 0 Å². The van der Waals surface area contributed by atoms with Gasteiger partial charge in [0, 0.05) is 0 Å². The fourth-order valence-electron chi connectivity index (χ4n) is 1.25. The van der Waals surface area contributed by atoms with Crippen LogP contribution < -0.4 is 10.5 Å². The van der Waals surface area contributed by atoms with Crippen LogP contribution in [0.4, 0.5) is 0 Å². The molecule has 0 spiro atoms. The minimum absolute atomic E-state index is 0.568. The van der Waals surface area contributed by atoms with E-state index in [1.165, 1.54) is 0 Å². The molecule has 0 bridgehead atoms. The molecule has 3 N–H and O–H groups in total. The second-order valence-corrected chi connectivity index (χ2v) is 3.89. The number of thioether (sulfide) groups is 1. The predicted molar refractivity (Wildman–Crippen MR) is 52.4 cm³/mol. The molecule has 1 aromatic rings. The van der Waals surface area contributed by atoms with Crippen LogP contribution in [0.5, 0.6) is 5.75 Å². The van der Waals surface area contributed by atoms with E-state index in [4.69, 9.17) is 15.6 Å². The molecule has 14 heavy (non-hydrogen) atoms. The van der Waals surface area contributed by atoms with Crippen LogP contribution in [0.25, 0.3) is 0 Å². The lowest BCUT2D eigenvalue weighted by Gasteiger charge is -2.07. The minimum atomic E-state index is -1.03. The van der Waals surface area contributed by atoms with E-state index in [1.54, 1.807) is 23.9 Å². The number of fused-ring (bicyclic) bond motifs is 1. The molecule has 74 valence electrons. The summed E-state index contributed by atoms with van der Waals surface area (Å²) in [7, 11) is 0. The molecule has 1 atom stereocenters. The van der Waals surface area contributed by atoms with Gasteiger partial charge in [-0.15, -0.1) is 0 Å². The first kappa shape index (κ1) is 9.36. The average molecular weight is 211 g/mol. The van der Waals surface area contributed by atoms with Crippen molar-refractivity contribution in [1.29, 1.82) is 0 Å². The highest BCUT2D eigenvalue weighted by atomic mass is 32.2. The van der Waals surface area contributed by atoms with E-state index in [0.29, 0.717) is 11.5 Å². The molecule has 0 fully saturated rings. The number of benzene rings is 1. The molecular formula is C9H9NO3S. The fourth-order valence-corrected chi connectivity index (χ4v) is 1.99. The summed E-state index contributed by atoms with van der Waals surface area (Å²) >= 11 is 1.59. The maximum absolute atomic E-state index is 10.6. The van der Waals surface area contributed by atoms with E-state index in [0.717, 1.165) is 10.6 Å². The first-order valence-electron chi connectivity index (χ1n) is 4.06. The minimum Gasteiger partial charge on any atom is -0.481 e. The number of carboxylic acids is 1. The van der Waals surface area contributed by atoms with Gasteiger partial charge in [0.25, 0.3) is 0 Å². The molecule has 0 amide bonds. The molecule has 0 aliphatic carbocycles. The first-order chi connectivity index (χ1) is 6.68. The Morgan fingerprint density at radius 1 is 1.64 bits per heavy atom. The van der Waals surface area contributed by atoms with Gasteiger partial charge in [-0.1, -0.05) is 17.8 Å². The predicted octanol–water partition coefficient (Wildman–Crippen LogP) is 1.21. The lowest BCUT2D eigenvalue weighted by molar-refractivity contribution is -0.138. The Labute approximate surface area is 85.1 Å². The quantitative estimate of drug-likeness (QED) is 0.769. The van der Waals surface area contributed by atoms with Crippen LogP contribution in [0.2, 0.25) is 0 Å². The van der Waals surface area contributed by atoms with E-state index >= 15 is 0 Å². The number of hydrogen-bond acceptors (Lipinski definition) is 4. The monoisotopic (exact) mass is 211 g/mol. The Morgan fingerprint density at radius 3 is 3.14 bits per heavy atom. The standard InChI is InChI=1S/C9H9NO3S/c10-8(9(11)12)5-1-2-7-6(3-5)13-4-14-7/h1-3,8H,4,10H2,(H,11,12). The smallest absolute Gasteiger partial charge is 0.325 e. The Bertz CT molecular complexity index is 380. The normalized spacial score (nSPS) is 15.8. The number of aliphatic carboxylic acids is 1. The highest BCUT2D eigenvalue weighted by Gasteiger charge is 2.18. The summed E-state index contributed by atoms with van der Waals surface area (Å²) in [4.78, 5) is 11.7. The van der Waals surface area contributed by atoms with Crippen molar-refractivity contribution < 1.29 is 14.6 Å². The number of nitrogens with two attached hydrogens (primary N) is 1. The van der Waals surface area contributed by atoms with Crippen molar-refractivity contribution in [2.45, 2.75) is 10.9 Å². The van der Waals surface area contributed by atoms with Crippen LogP contribution in [0.3, 0.4) is 0 Å². The summed E-state index contributed by atoms with van der Waals surface area (Å²) in [6.45, 7) is 0. The summed E-state index contributed by atoms with van der Waals surface area (Å²) < 4.78 is 5.28. The summed E-state index contributed by atoms with van der Waals surface area (Å²) in [6, 6.07) is 4.27. The van der Waals surface area contributed by atoms with Crippen LogP contribution in [0.15, 0.2) is 23.1 Å². The SMILES string of the molecule is NC(C(=O)O)c1ccc2c(c1)OCS2. The molecule has 0 saturated heterocycles. The molecule has 0 saturated carbocycles. The average Bonchev–Trinajstić information content (AvgIpc) is 2.62. The van der Waals surface area contributed by atoms with Gasteiger partial charge >= 0.3 is 5.97 Å². The topological polar surface area (TPSA) is 72.6 Å². The summed E-state index contributed by atoms with van der Waals surface area (Å²) in [5.41, 5.74) is 6.04. The Balaban J connectivity index is 2.33. The molecule has 1 unspecified atom stereocenters. The van der Waals surface area contributed by atoms with Crippen LogP contribution in [0, 0.1) is 0 Å². The zero-order valence-corrected chi connectivity index (χ0v) is 8.08. The molecule has 1 aliphatic rings. The van der Waals surface area contributed by atoms with Gasteiger partial charge in [-0.05, 0) is 17.7 Å². The Kier molecular flexibility index (Phi) is 2.35. The lowest BCUT2D eigenvalue weighted by Crippen LogP contribution is -2.20. The summed E-state index contributed by atoms with van der Waals surface area (Å²) in [5, 5.41) is 8.71. The third-order valence-electron chi connectivity index (χ3n) is 2.02. The largest absolute Gasteiger partial charge is 0.481 e. The summed E-state index contributed by atoms with van der Waals surface area (Å²) in [5.74, 6) is 0.279. The van der Waals surface area contributed by atoms with Crippen LogP contribution >= 0.6 is 11.8 Å². The highest BCUT2D eigenvalue weighted by molar-refractivity contribution is 7.99. The van der Waals surface area contributed by atoms with Gasteiger partial charge in [0.2, 0.25) is 0 Å². The van der Waals surface area contributed by atoms with Gasteiger partial charge in [-0.25, -0.2) is 0 Å². The molecule has 0 aromatic heterocycles. The maximum atomic E-state index is 10.6. The van der Waals surface area contributed by atoms with Crippen LogP contribution in [-0.2, 0) is 4.79 Å². The number of hydrogen-bond donors (Lipinski definition) is 2. The zero-order chi connectivity index (χ0) is 10.1. The van der Waals surface area contributed by atoms with E-state index in [1.807, 2.05) is 6.07 Å². The summed E-state index contributed by atoms with van der Waals surface area (Å²) in [6.07, 6.45) is 0. The van der Waals surface area contributed by atoms with E-state index in [9.17, 15) is 4.79 Å². The van der Waals surface area contributed by atoms with Crippen molar-refractivity contribution in [3.05, 3.63) is 23.8 Å². The molecule has 5 heteroatoms. The fraction of sp³-hybridized carbons (Fsp3) is 0.222. The third-order valence-corrected chi connectivity index (χ3v) is 2.91. The van der Waals surface area contributed by atoms with Gasteiger partial charge in [-0.3, -0.25) is 4.79 Å². The van der Waals surface area contributed by atoms with Crippen molar-refractivity contribution in [3.8, 4) is 5.75 Å². The van der Waals surface area contributed by atoms with Gasteiger partial charge in [0.05, 0.1) is 4.90 Å². The molecule has 2 rings (SSSR count). The van der Waals surface area contributed by atoms with Crippen LogP contribution in [-0.4, -0.2) is 17.0 Å². The second-order valence-electron chi connectivity index (χ2n) is 2.93. The molecule has 1 aromatic carbocycles. The zero-order valence-electron chi connectivity index (χ0n) is 7.27. The van der Waals surface area contributed by atoms with E-state index in [-0.39, 0.29) is 0 Å². The van der Waals surface area contributed by atoms with E-state index in [2.05, 4.69) is 0 Å². The highest BCUT2D eigenvalue weighted by Crippen LogP contribution is 2.37. The Hall–Kier alpha value is -1.20. The third kappa shape index (κ3) is 1.56. The van der Waals surface area contributed by atoms with Crippen LogP contribution in [0.1, 0.15) is 11.6 Å². The van der Waals surface area contributed by atoms with Gasteiger partial charge in [0.1, 0.15) is 17.7 Å². The maximum Gasteiger partial charge on any atom is 0.325 e. The first-order valence-corrected chi connectivity index (χ1v) is 5.05. The van der Waals surface area contributed by atoms with Gasteiger partial charge in [-0.2, -0.15) is 0 Å². The Morgan fingerprint density at radius 2 is 2.43 bits per heavy atom. The van der Waals surface area contributed by atoms with Crippen molar-refractivity contribution >= 4 is 17.7 Å². The molecular weight excluding hydrogens is 202 g/mol. The number of carbonyl (C=O) groups is 1. The van der Waals surface area contributed by atoms with Crippen molar-refractivity contribution in [2.24, 2.45) is 5.73 Å². The van der Waals surface area contributed by atoms with Gasteiger partial charge in [0.15, 0.2) is 0 Å². The molecule has 0 radical (unpaired) electrons. The molecule has 4 nitrogen and oxygen atoms in total. The van der Waals surface area contributed by atoms with Crippen molar-refractivity contribution in [2.75, 3.05) is 5.94 Å². The number of rotatable bonds is 2. The second kappa shape index (κ2) is 3.51. The van der Waals surface area contributed by atoms with Crippen molar-refractivity contribution in [1.82, 2.24) is 0 Å². The lowest BCUT2D eigenvalue weighted by atomic mass is 10.1. The number of ether oxygens (including phenoxy) is 1. The van der Waals surface area contributed by atoms with E-state index < -0.39 is 12.0 Å². The molecule has 1 aliphatic heterocycles.